The Balaban J connectivity index is 2.23. The molecule has 3 N–H and O–H groups in total. The first-order valence-electron chi connectivity index (χ1n) is 5.84. The van der Waals surface area contributed by atoms with Gasteiger partial charge in [-0.1, -0.05) is 6.92 Å². The lowest BCUT2D eigenvalue weighted by molar-refractivity contribution is -0.384. The molecule has 1 aliphatic rings. The SMILES string of the molecule is CC1(CNC(=O)c2cc(F)cc([N+](=O)[O-])c2N)CC1. The third kappa shape index (κ3) is 2.81. The quantitative estimate of drug-likeness (QED) is 0.494. The van der Waals surface area contributed by atoms with Gasteiger partial charge in [-0.05, 0) is 24.3 Å². The minimum atomic E-state index is -0.858. The predicted molar refractivity (Wildman–Crippen MR) is 67.1 cm³/mol. The van der Waals surface area contributed by atoms with Gasteiger partial charge in [-0.2, -0.15) is 0 Å². The maximum Gasteiger partial charge on any atom is 0.295 e. The molecule has 0 atom stereocenters. The largest absolute Gasteiger partial charge is 0.393 e. The smallest absolute Gasteiger partial charge is 0.295 e. The fourth-order valence-electron chi connectivity index (χ4n) is 1.72. The molecule has 1 saturated carbocycles. The number of nitrogens with two attached hydrogens (primary N) is 1. The molecule has 7 heteroatoms. The first kappa shape index (κ1) is 13.3. The zero-order chi connectivity index (χ0) is 14.2. The third-order valence-corrected chi connectivity index (χ3v) is 3.34. The first-order valence-corrected chi connectivity index (χ1v) is 5.84. The van der Waals surface area contributed by atoms with Gasteiger partial charge in [-0.25, -0.2) is 4.39 Å². The number of rotatable bonds is 4. The number of hydrogen-bond donors (Lipinski definition) is 2. The van der Waals surface area contributed by atoms with Crippen molar-refractivity contribution in [2.45, 2.75) is 19.8 Å². The second-order valence-electron chi connectivity index (χ2n) is 5.14. The summed E-state index contributed by atoms with van der Waals surface area (Å²) in [7, 11) is 0. The summed E-state index contributed by atoms with van der Waals surface area (Å²) in [6.07, 6.45) is 2.04. The summed E-state index contributed by atoms with van der Waals surface area (Å²) in [6.45, 7) is 2.47. The molecule has 2 rings (SSSR count). The zero-order valence-electron chi connectivity index (χ0n) is 10.4. The van der Waals surface area contributed by atoms with E-state index < -0.39 is 22.3 Å². The number of anilines is 1. The summed E-state index contributed by atoms with van der Waals surface area (Å²) in [4.78, 5) is 21.8. The van der Waals surface area contributed by atoms with E-state index in [2.05, 4.69) is 5.32 Å². The molecule has 0 aromatic heterocycles. The van der Waals surface area contributed by atoms with E-state index in [1.807, 2.05) is 6.92 Å². The number of hydrogen-bond acceptors (Lipinski definition) is 4. The minimum Gasteiger partial charge on any atom is -0.393 e. The Hall–Kier alpha value is -2.18. The van der Waals surface area contributed by atoms with Crippen LogP contribution >= 0.6 is 0 Å². The molecule has 0 unspecified atom stereocenters. The van der Waals surface area contributed by atoms with Crippen LogP contribution in [-0.4, -0.2) is 17.4 Å². The summed E-state index contributed by atoms with van der Waals surface area (Å²) < 4.78 is 13.3. The van der Waals surface area contributed by atoms with Gasteiger partial charge < -0.3 is 11.1 Å². The molecule has 0 aliphatic heterocycles. The van der Waals surface area contributed by atoms with Crippen LogP contribution in [0.4, 0.5) is 15.8 Å². The van der Waals surface area contributed by atoms with Gasteiger partial charge in [0.05, 0.1) is 16.6 Å². The average molecular weight is 267 g/mol. The van der Waals surface area contributed by atoms with Crippen molar-refractivity contribution in [2.24, 2.45) is 5.41 Å². The number of nitro benzene ring substituents is 1. The number of nitro groups is 1. The normalized spacial score (nSPS) is 15.9. The fourth-order valence-corrected chi connectivity index (χ4v) is 1.72. The van der Waals surface area contributed by atoms with Crippen molar-refractivity contribution < 1.29 is 14.1 Å². The highest BCUT2D eigenvalue weighted by atomic mass is 19.1. The van der Waals surface area contributed by atoms with Gasteiger partial charge in [0.15, 0.2) is 0 Å². The highest BCUT2D eigenvalue weighted by molar-refractivity contribution is 6.01. The van der Waals surface area contributed by atoms with E-state index in [1.54, 1.807) is 0 Å². The van der Waals surface area contributed by atoms with Crippen LogP contribution in [0.25, 0.3) is 0 Å². The lowest BCUT2D eigenvalue weighted by atomic mass is 10.1. The topological polar surface area (TPSA) is 98.3 Å². The zero-order valence-corrected chi connectivity index (χ0v) is 10.4. The van der Waals surface area contributed by atoms with Crippen molar-refractivity contribution in [3.63, 3.8) is 0 Å². The molecule has 1 aromatic carbocycles. The Morgan fingerprint density at radius 2 is 2.21 bits per heavy atom. The molecule has 6 nitrogen and oxygen atoms in total. The molecular formula is C12H14FN3O3. The van der Waals surface area contributed by atoms with Crippen molar-refractivity contribution in [3.05, 3.63) is 33.6 Å². The van der Waals surface area contributed by atoms with Crippen LogP contribution in [0.2, 0.25) is 0 Å². The summed E-state index contributed by atoms with van der Waals surface area (Å²) in [5, 5.41) is 13.3. The van der Waals surface area contributed by atoms with E-state index in [0.717, 1.165) is 18.9 Å². The van der Waals surface area contributed by atoms with Crippen LogP contribution in [-0.2, 0) is 0 Å². The van der Waals surface area contributed by atoms with Gasteiger partial charge in [-0.15, -0.1) is 0 Å². The molecule has 0 heterocycles. The molecule has 1 amide bonds. The van der Waals surface area contributed by atoms with Crippen LogP contribution in [0, 0.1) is 21.3 Å². The Labute approximate surface area is 108 Å². The van der Waals surface area contributed by atoms with E-state index in [-0.39, 0.29) is 16.7 Å². The van der Waals surface area contributed by atoms with Gasteiger partial charge >= 0.3 is 0 Å². The molecule has 19 heavy (non-hydrogen) atoms. The van der Waals surface area contributed by atoms with E-state index in [9.17, 15) is 19.3 Å². The molecule has 1 aliphatic carbocycles. The number of nitrogens with zero attached hydrogens (tertiary/aromatic N) is 1. The molecule has 1 aromatic rings. The molecule has 0 saturated heterocycles. The summed E-state index contributed by atoms with van der Waals surface area (Å²) >= 11 is 0. The number of nitrogen functional groups attached to an aromatic ring is 1. The van der Waals surface area contributed by atoms with Gasteiger partial charge in [-0.3, -0.25) is 14.9 Å². The lowest BCUT2D eigenvalue weighted by Gasteiger charge is -2.11. The molecule has 0 spiro atoms. The molecule has 0 bridgehead atoms. The lowest BCUT2D eigenvalue weighted by Crippen LogP contribution is -2.29. The molecule has 1 fully saturated rings. The summed E-state index contributed by atoms with van der Waals surface area (Å²) in [6, 6.07) is 1.61. The maximum absolute atomic E-state index is 13.3. The Morgan fingerprint density at radius 1 is 1.58 bits per heavy atom. The maximum atomic E-state index is 13.3. The second-order valence-corrected chi connectivity index (χ2v) is 5.14. The van der Waals surface area contributed by atoms with Crippen LogP contribution in [0.3, 0.4) is 0 Å². The van der Waals surface area contributed by atoms with E-state index in [0.29, 0.717) is 12.6 Å². The van der Waals surface area contributed by atoms with Crippen LogP contribution < -0.4 is 11.1 Å². The number of carbonyl (C=O) groups excluding carboxylic acids is 1. The van der Waals surface area contributed by atoms with Crippen LogP contribution in [0.5, 0.6) is 0 Å². The van der Waals surface area contributed by atoms with Gasteiger partial charge in [0.2, 0.25) is 0 Å². The Morgan fingerprint density at radius 3 is 2.74 bits per heavy atom. The summed E-state index contributed by atoms with van der Waals surface area (Å²) in [5.41, 5.74) is 4.52. The minimum absolute atomic E-state index is 0.0870. The van der Waals surface area contributed by atoms with Crippen molar-refractivity contribution in [3.8, 4) is 0 Å². The number of benzene rings is 1. The number of nitrogens with one attached hydrogen (secondary N) is 1. The van der Waals surface area contributed by atoms with E-state index in [1.165, 1.54) is 0 Å². The predicted octanol–water partition coefficient (Wildman–Crippen LogP) is 1.85. The van der Waals surface area contributed by atoms with Crippen LogP contribution in [0.15, 0.2) is 12.1 Å². The average Bonchev–Trinajstić information content (AvgIpc) is 3.07. The van der Waals surface area contributed by atoms with Gasteiger partial charge in [0.25, 0.3) is 11.6 Å². The van der Waals surface area contributed by atoms with E-state index >= 15 is 0 Å². The van der Waals surface area contributed by atoms with Crippen LogP contribution in [0.1, 0.15) is 30.1 Å². The van der Waals surface area contributed by atoms with Crippen molar-refractivity contribution in [1.29, 1.82) is 0 Å². The van der Waals surface area contributed by atoms with E-state index in [4.69, 9.17) is 5.73 Å². The molecular weight excluding hydrogens is 253 g/mol. The fraction of sp³-hybridized carbons (Fsp3) is 0.417. The van der Waals surface area contributed by atoms with Crippen molar-refractivity contribution in [2.75, 3.05) is 12.3 Å². The molecule has 102 valence electrons. The van der Waals surface area contributed by atoms with Gasteiger partial charge in [0.1, 0.15) is 11.5 Å². The monoisotopic (exact) mass is 267 g/mol. The number of amides is 1. The Bertz CT molecular complexity index is 555. The number of carbonyl (C=O) groups is 1. The highest BCUT2D eigenvalue weighted by Gasteiger charge is 2.37. The van der Waals surface area contributed by atoms with Crippen molar-refractivity contribution in [1.82, 2.24) is 5.32 Å². The second kappa shape index (κ2) is 4.49. The summed E-state index contributed by atoms with van der Waals surface area (Å²) in [5.74, 6) is -1.45. The Kier molecular flexibility index (Phi) is 3.13. The number of halogens is 1. The van der Waals surface area contributed by atoms with Crippen molar-refractivity contribution >= 4 is 17.3 Å². The standard InChI is InChI=1S/C12H14FN3O3/c1-12(2-3-12)6-15-11(17)8-4-7(13)5-9(10(8)14)16(18)19/h4-5H,2-3,6,14H2,1H3,(H,15,17). The third-order valence-electron chi connectivity index (χ3n) is 3.34. The first-order chi connectivity index (χ1) is 8.82. The highest BCUT2D eigenvalue weighted by Crippen LogP contribution is 2.44. The van der Waals surface area contributed by atoms with Gasteiger partial charge in [0, 0.05) is 6.54 Å². The molecule has 0 radical (unpaired) electrons.